The average molecular weight is 240 g/mol. The van der Waals surface area contributed by atoms with Gasteiger partial charge in [0.05, 0.1) is 5.56 Å². The lowest BCUT2D eigenvalue weighted by molar-refractivity contribution is 0.423. The molecular formula is C16H20N2. The Morgan fingerprint density at radius 3 is 2.78 bits per heavy atom. The minimum absolute atomic E-state index is 0.123. The summed E-state index contributed by atoms with van der Waals surface area (Å²) < 4.78 is 0. The molecule has 0 bridgehead atoms. The molecule has 0 heterocycles. The third-order valence-electron chi connectivity index (χ3n) is 4.48. The lowest BCUT2D eigenvalue weighted by atomic mass is 9.63. The first-order chi connectivity index (χ1) is 8.41. The Morgan fingerprint density at radius 2 is 2.22 bits per heavy atom. The van der Waals surface area contributed by atoms with Crippen LogP contribution in [0, 0.1) is 11.3 Å². The lowest BCUT2D eigenvalue weighted by Crippen LogP contribution is -2.31. The molecule has 2 atom stereocenters. The van der Waals surface area contributed by atoms with Gasteiger partial charge in [-0.15, -0.1) is 0 Å². The number of nitriles is 1. The van der Waals surface area contributed by atoms with Gasteiger partial charge in [-0.1, -0.05) is 32.1 Å². The van der Waals surface area contributed by atoms with E-state index >= 15 is 0 Å². The number of hydrogen-bond donors (Lipinski definition) is 1. The predicted molar refractivity (Wildman–Crippen MR) is 75.4 cm³/mol. The van der Waals surface area contributed by atoms with Crippen molar-refractivity contribution in [3.05, 3.63) is 41.0 Å². The summed E-state index contributed by atoms with van der Waals surface area (Å²) in [5.74, 6) is 0.486. The summed E-state index contributed by atoms with van der Waals surface area (Å²) in [7, 11) is 0. The van der Waals surface area contributed by atoms with E-state index in [0.29, 0.717) is 17.2 Å². The van der Waals surface area contributed by atoms with Gasteiger partial charge in [-0.2, -0.15) is 5.26 Å². The van der Waals surface area contributed by atoms with E-state index in [-0.39, 0.29) is 5.41 Å². The number of rotatable bonds is 1. The largest absolute Gasteiger partial charge is 0.398 e. The van der Waals surface area contributed by atoms with Crippen molar-refractivity contribution in [1.29, 1.82) is 5.26 Å². The SMILES string of the molecule is C=C(C)C1(C)CCC(C)c2ccc(N)c(C#N)c21. The van der Waals surface area contributed by atoms with E-state index < -0.39 is 0 Å². The number of benzene rings is 1. The van der Waals surface area contributed by atoms with E-state index in [1.54, 1.807) is 0 Å². The third-order valence-corrected chi connectivity index (χ3v) is 4.48. The molecule has 1 aliphatic rings. The normalized spacial score (nSPS) is 26.2. The smallest absolute Gasteiger partial charge is 0.102 e. The number of hydrogen-bond acceptors (Lipinski definition) is 2. The first-order valence-corrected chi connectivity index (χ1v) is 6.40. The number of anilines is 1. The maximum absolute atomic E-state index is 9.42. The molecule has 0 aliphatic heterocycles. The molecular weight excluding hydrogens is 220 g/mol. The molecule has 1 aliphatic carbocycles. The van der Waals surface area contributed by atoms with Crippen LogP contribution in [0.15, 0.2) is 24.3 Å². The van der Waals surface area contributed by atoms with Gasteiger partial charge in [0.1, 0.15) is 6.07 Å². The third kappa shape index (κ3) is 1.62. The van der Waals surface area contributed by atoms with Crippen LogP contribution < -0.4 is 5.73 Å². The van der Waals surface area contributed by atoms with Crippen molar-refractivity contribution >= 4 is 5.69 Å². The van der Waals surface area contributed by atoms with Crippen LogP contribution in [0.25, 0.3) is 0 Å². The van der Waals surface area contributed by atoms with Gasteiger partial charge >= 0.3 is 0 Å². The fourth-order valence-corrected chi connectivity index (χ4v) is 2.97. The second-order valence-electron chi connectivity index (χ2n) is 5.66. The minimum atomic E-state index is -0.123. The van der Waals surface area contributed by atoms with Crippen LogP contribution in [-0.4, -0.2) is 0 Å². The zero-order valence-electron chi connectivity index (χ0n) is 11.4. The van der Waals surface area contributed by atoms with Crippen molar-refractivity contribution < 1.29 is 0 Å². The maximum atomic E-state index is 9.42. The van der Waals surface area contributed by atoms with Gasteiger partial charge in [0.15, 0.2) is 0 Å². The molecule has 0 aromatic heterocycles. The molecule has 0 amide bonds. The van der Waals surface area contributed by atoms with Crippen molar-refractivity contribution in [2.75, 3.05) is 5.73 Å². The van der Waals surface area contributed by atoms with Gasteiger partial charge in [0.2, 0.25) is 0 Å². The summed E-state index contributed by atoms with van der Waals surface area (Å²) >= 11 is 0. The van der Waals surface area contributed by atoms with Crippen molar-refractivity contribution in [3.63, 3.8) is 0 Å². The quantitative estimate of drug-likeness (QED) is 0.598. The highest BCUT2D eigenvalue weighted by Gasteiger charge is 2.38. The maximum Gasteiger partial charge on any atom is 0.102 e. The Kier molecular flexibility index (Phi) is 2.94. The van der Waals surface area contributed by atoms with E-state index in [2.05, 4.69) is 32.6 Å². The van der Waals surface area contributed by atoms with Crippen LogP contribution in [0.1, 0.15) is 56.2 Å². The molecule has 1 aromatic carbocycles. The Bertz CT molecular complexity index is 551. The highest BCUT2D eigenvalue weighted by atomic mass is 14.6. The monoisotopic (exact) mass is 240 g/mol. The molecule has 2 rings (SSSR count). The zero-order chi connectivity index (χ0) is 13.5. The second-order valence-corrected chi connectivity index (χ2v) is 5.66. The molecule has 0 spiro atoms. The molecule has 2 unspecified atom stereocenters. The van der Waals surface area contributed by atoms with Crippen LogP contribution >= 0.6 is 0 Å². The Balaban J connectivity index is 2.81. The van der Waals surface area contributed by atoms with Crippen molar-refractivity contribution in [2.24, 2.45) is 0 Å². The first-order valence-electron chi connectivity index (χ1n) is 6.40. The van der Waals surface area contributed by atoms with E-state index in [0.717, 1.165) is 24.0 Å². The Labute approximate surface area is 109 Å². The van der Waals surface area contributed by atoms with E-state index in [1.807, 2.05) is 13.0 Å². The summed E-state index contributed by atoms with van der Waals surface area (Å²) in [6.45, 7) is 10.6. The molecule has 94 valence electrons. The molecule has 1 aromatic rings. The van der Waals surface area contributed by atoms with Crippen molar-refractivity contribution in [1.82, 2.24) is 0 Å². The van der Waals surface area contributed by atoms with Crippen LogP contribution in [-0.2, 0) is 5.41 Å². The first kappa shape index (κ1) is 12.7. The number of allylic oxidation sites excluding steroid dienone is 1. The number of nitrogen functional groups attached to an aromatic ring is 1. The molecule has 2 heteroatoms. The van der Waals surface area contributed by atoms with Gasteiger partial charge < -0.3 is 5.73 Å². The predicted octanol–water partition coefficient (Wildman–Crippen LogP) is 3.87. The molecule has 18 heavy (non-hydrogen) atoms. The lowest BCUT2D eigenvalue weighted by Gasteiger charge is -2.40. The standard InChI is InChI=1S/C16H20N2/c1-10(2)16(4)8-7-11(3)12-5-6-14(18)13(9-17)15(12)16/h5-6,11H,1,7-8,18H2,2-4H3. The molecule has 2 N–H and O–H groups in total. The summed E-state index contributed by atoms with van der Waals surface area (Å²) in [4.78, 5) is 0. The van der Waals surface area contributed by atoms with Crippen LogP contribution in [0.5, 0.6) is 0 Å². The number of nitrogens with two attached hydrogens (primary N) is 1. The van der Waals surface area contributed by atoms with E-state index in [4.69, 9.17) is 5.73 Å². The molecule has 0 saturated heterocycles. The zero-order valence-corrected chi connectivity index (χ0v) is 11.4. The topological polar surface area (TPSA) is 49.8 Å². The van der Waals surface area contributed by atoms with Crippen LogP contribution in [0.4, 0.5) is 5.69 Å². The second kappa shape index (κ2) is 4.17. The van der Waals surface area contributed by atoms with Crippen molar-refractivity contribution in [3.8, 4) is 6.07 Å². The van der Waals surface area contributed by atoms with E-state index in [1.165, 1.54) is 5.56 Å². The van der Waals surface area contributed by atoms with Crippen molar-refractivity contribution in [2.45, 2.75) is 44.9 Å². The van der Waals surface area contributed by atoms with Gasteiger partial charge in [-0.3, -0.25) is 0 Å². The summed E-state index contributed by atoms with van der Waals surface area (Å²) in [6.07, 6.45) is 2.17. The number of nitrogens with zero attached hydrogens (tertiary/aromatic N) is 1. The summed E-state index contributed by atoms with van der Waals surface area (Å²) in [5.41, 5.74) is 10.5. The summed E-state index contributed by atoms with van der Waals surface area (Å²) in [6, 6.07) is 6.23. The highest BCUT2D eigenvalue weighted by Crippen LogP contribution is 2.48. The average Bonchev–Trinajstić information content (AvgIpc) is 2.33. The fourth-order valence-electron chi connectivity index (χ4n) is 2.97. The fraction of sp³-hybridized carbons (Fsp3) is 0.438. The van der Waals surface area contributed by atoms with Gasteiger partial charge in [0, 0.05) is 11.1 Å². The van der Waals surface area contributed by atoms with E-state index in [9.17, 15) is 5.26 Å². The minimum Gasteiger partial charge on any atom is -0.398 e. The molecule has 0 radical (unpaired) electrons. The Morgan fingerprint density at radius 1 is 1.56 bits per heavy atom. The van der Waals surface area contributed by atoms with Crippen LogP contribution in [0.2, 0.25) is 0 Å². The molecule has 0 saturated carbocycles. The van der Waals surface area contributed by atoms with Crippen LogP contribution in [0.3, 0.4) is 0 Å². The summed E-state index contributed by atoms with van der Waals surface area (Å²) in [5, 5.41) is 9.42. The van der Waals surface area contributed by atoms with Gasteiger partial charge in [-0.05, 0) is 42.9 Å². The Hall–Kier alpha value is -1.75. The molecule has 0 fully saturated rings. The van der Waals surface area contributed by atoms with Gasteiger partial charge in [0.25, 0.3) is 0 Å². The van der Waals surface area contributed by atoms with Gasteiger partial charge in [-0.25, -0.2) is 0 Å². The highest BCUT2D eigenvalue weighted by molar-refractivity contribution is 5.65. The molecule has 2 nitrogen and oxygen atoms in total. The number of fused-ring (bicyclic) bond motifs is 1.